The zero-order valence-corrected chi connectivity index (χ0v) is 12.4. The zero-order valence-electron chi connectivity index (χ0n) is 12.4. The van der Waals surface area contributed by atoms with Crippen LogP contribution in [-0.4, -0.2) is 13.1 Å². The van der Waals surface area contributed by atoms with Crippen molar-refractivity contribution >= 4 is 27.5 Å². The lowest BCUT2D eigenvalue weighted by Gasteiger charge is -2.15. The summed E-state index contributed by atoms with van der Waals surface area (Å²) in [5.41, 5.74) is 14.2. The van der Waals surface area contributed by atoms with Crippen molar-refractivity contribution in [2.45, 2.75) is 13.1 Å². The second-order valence-corrected chi connectivity index (χ2v) is 5.17. The summed E-state index contributed by atoms with van der Waals surface area (Å²) in [6.45, 7) is 0.641. The van der Waals surface area contributed by atoms with E-state index in [0.29, 0.717) is 12.1 Å². The molecule has 0 saturated carbocycles. The van der Waals surface area contributed by atoms with Gasteiger partial charge in [0.1, 0.15) is 0 Å². The first-order chi connectivity index (χ1) is 10.7. The molecule has 22 heavy (non-hydrogen) atoms. The minimum Gasteiger partial charge on any atom is -0.465 e. The highest BCUT2D eigenvalue weighted by atomic mass is 16.5. The summed E-state index contributed by atoms with van der Waals surface area (Å²) >= 11 is 0. The van der Waals surface area contributed by atoms with E-state index in [-0.39, 0.29) is 12.5 Å². The molecule has 3 rings (SSSR count). The number of nitrogens with two attached hydrogens (primary N) is 2. The SMILES string of the molecule is COC(=O)c1ccc2cc3ccccc3c(CN)c2c1CN. The fourth-order valence-corrected chi connectivity index (χ4v) is 3.07. The number of benzene rings is 3. The monoisotopic (exact) mass is 294 g/mol. The Bertz CT molecular complexity index is 872. The van der Waals surface area contributed by atoms with E-state index in [0.717, 1.165) is 32.7 Å². The van der Waals surface area contributed by atoms with Gasteiger partial charge in [-0.1, -0.05) is 30.3 Å². The topological polar surface area (TPSA) is 78.3 Å². The molecule has 0 aliphatic rings. The van der Waals surface area contributed by atoms with Gasteiger partial charge in [-0.05, 0) is 44.8 Å². The van der Waals surface area contributed by atoms with Crippen LogP contribution < -0.4 is 11.5 Å². The maximum atomic E-state index is 12.0. The summed E-state index contributed by atoms with van der Waals surface area (Å²) in [4.78, 5) is 12.0. The summed E-state index contributed by atoms with van der Waals surface area (Å²) in [5.74, 6) is -0.376. The second kappa shape index (κ2) is 5.75. The van der Waals surface area contributed by atoms with Gasteiger partial charge in [-0.15, -0.1) is 0 Å². The Hall–Kier alpha value is -2.43. The highest BCUT2D eigenvalue weighted by Crippen LogP contribution is 2.32. The molecule has 0 atom stereocenters. The molecule has 0 unspecified atom stereocenters. The Labute approximate surface area is 128 Å². The molecule has 0 aliphatic carbocycles. The third-order valence-electron chi connectivity index (χ3n) is 4.06. The Balaban J connectivity index is 2.49. The van der Waals surface area contributed by atoms with Gasteiger partial charge in [0.25, 0.3) is 0 Å². The van der Waals surface area contributed by atoms with Gasteiger partial charge in [0.2, 0.25) is 0 Å². The largest absolute Gasteiger partial charge is 0.465 e. The van der Waals surface area contributed by atoms with Crippen LogP contribution in [0, 0.1) is 0 Å². The second-order valence-electron chi connectivity index (χ2n) is 5.17. The molecular formula is C18H18N2O2. The quantitative estimate of drug-likeness (QED) is 0.575. The molecule has 4 heteroatoms. The number of esters is 1. The van der Waals surface area contributed by atoms with Gasteiger partial charge in [-0.3, -0.25) is 0 Å². The van der Waals surface area contributed by atoms with Crippen molar-refractivity contribution in [2.24, 2.45) is 11.5 Å². The fourth-order valence-electron chi connectivity index (χ4n) is 3.07. The molecule has 0 heterocycles. The van der Waals surface area contributed by atoms with Crippen molar-refractivity contribution in [3.8, 4) is 0 Å². The van der Waals surface area contributed by atoms with Gasteiger partial charge < -0.3 is 16.2 Å². The van der Waals surface area contributed by atoms with Crippen LogP contribution in [0.25, 0.3) is 21.5 Å². The molecule has 4 nitrogen and oxygen atoms in total. The van der Waals surface area contributed by atoms with Crippen molar-refractivity contribution < 1.29 is 9.53 Å². The van der Waals surface area contributed by atoms with Crippen LogP contribution in [0.15, 0.2) is 42.5 Å². The summed E-state index contributed by atoms with van der Waals surface area (Å²) < 4.78 is 4.86. The van der Waals surface area contributed by atoms with Gasteiger partial charge in [0, 0.05) is 13.1 Å². The fraction of sp³-hybridized carbons (Fsp3) is 0.167. The number of hydrogen-bond acceptors (Lipinski definition) is 4. The van der Waals surface area contributed by atoms with Crippen LogP contribution in [0.2, 0.25) is 0 Å². The normalized spacial score (nSPS) is 11.0. The number of fused-ring (bicyclic) bond motifs is 2. The average molecular weight is 294 g/mol. The molecule has 3 aromatic rings. The smallest absolute Gasteiger partial charge is 0.338 e. The van der Waals surface area contributed by atoms with Gasteiger partial charge in [0.05, 0.1) is 12.7 Å². The molecule has 0 spiro atoms. The van der Waals surface area contributed by atoms with E-state index < -0.39 is 0 Å². The number of carbonyl (C=O) groups excluding carboxylic acids is 1. The standard InChI is InChI=1S/C18H18N2O2/c1-22-18(21)14-7-6-12-8-11-4-2-3-5-13(11)15(9-19)17(12)16(14)10-20/h2-8H,9-10,19-20H2,1H3. The minimum absolute atomic E-state index is 0.257. The van der Waals surface area contributed by atoms with E-state index in [2.05, 4.69) is 12.1 Å². The maximum absolute atomic E-state index is 12.0. The number of carbonyl (C=O) groups is 1. The van der Waals surface area contributed by atoms with E-state index >= 15 is 0 Å². The molecule has 0 aliphatic heterocycles. The van der Waals surface area contributed by atoms with E-state index in [1.54, 1.807) is 6.07 Å². The first-order valence-electron chi connectivity index (χ1n) is 7.16. The maximum Gasteiger partial charge on any atom is 0.338 e. The van der Waals surface area contributed by atoms with Gasteiger partial charge >= 0.3 is 5.97 Å². The lowest BCUT2D eigenvalue weighted by atomic mass is 9.91. The highest BCUT2D eigenvalue weighted by Gasteiger charge is 2.17. The van der Waals surface area contributed by atoms with Crippen LogP contribution in [-0.2, 0) is 17.8 Å². The predicted octanol–water partition coefficient (Wildman–Crippen LogP) is 2.70. The first kappa shape index (κ1) is 14.5. The summed E-state index contributed by atoms with van der Waals surface area (Å²) in [7, 11) is 1.37. The van der Waals surface area contributed by atoms with E-state index in [9.17, 15) is 4.79 Å². The lowest BCUT2D eigenvalue weighted by molar-refractivity contribution is 0.0599. The Morgan fingerprint density at radius 3 is 2.41 bits per heavy atom. The molecular weight excluding hydrogens is 276 g/mol. The van der Waals surface area contributed by atoms with Gasteiger partial charge in [0.15, 0.2) is 0 Å². The first-order valence-corrected chi connectivity index (χ1v) is 7.16. The van der Waals surface area contributed by atoms with E-state index in [1.165, 1.54) is 7.11 Å². The van der Waals surface area contributed by atoms with Crippen LogP contribution in [0.4, 0.5) is 0 Å². The molecule has 112 valence electrons. The summed E-state index contributed by atoms with van der Waals surface area (Å²) in [6, 6.07) is 13.9. The van der Waals surface area contributed by atoms with Crippen molar-refractivity contribution in [3.05, 3.63) is 59.2 Å². The molecule has 0 radical (unpaired) electrons. The minimum atomic E-state index is -0.376. The molecule has 0 fully saturated rings. The third kappa shape index (κ3) is 2.13. The van der Waals surface area contributed by atoms with Crippen LogP contribution in [0.5, 0.6) is 0 Å². The Morgan fingerprint density at radius 2 is 1.73 bits per heavy atom. The van der Waals surface area contributed by atoms with Crippen LogP contribution >= 0.6 is 0 Å². The van der Waals surface area contributed by atoms with Crippen LogP contribution in [0.3, 0.4) is 0 Å². The van der Waals surface area contributed by atoms with Crippen molar-refractivity contribution in [1.29, 1.82) is 0 Å². The molecule has 3 aromatic carbocycles. The summed E-state index contributed by atoms with van der Waals surface area (Å²) in [5, 5.41) is 4.22. The van der Waals surface area contributed by atoms with Crippen LogP contribution in [0.1, 0.15) is 21.5 Å². The number of hydrogen-bond donors (Lipinski definition) is 2. The molecule has 0 bridgehead atoms. The average Bonchev–Trinajstić information content (AvgIpc) is 2.57. The number of rotatable bonds is 3. The Kier molecular flexibility index (Phi) is 3.79. The Morgan fingerprint density at radius 1 is 1.00 bits per heavy atom. The molecule has 0 saturated heterocycles. The lowest BCUT2D eigenvalue weighted by Crippen LogP contribution is -2.11. The van der Waals surface area contributed by atoms with Crippen molar-refractivity contribution in [2.75, 3.05) is 7.11 Å². The molecule has 4 N–H and O–H groups in total. The predicted molar refractivity (Wildman–Crippen MR) is 88.6 cm³/mol. The summed E-state index contributed by atoms with van der Waals surface area (Å²) in [6.07, 6.45) is 0. The third-order valence-corrected chi connectivity index (χ3v) is 4.06. The zero-order chi connectivity index (χ0) is 15.7. The molecule has 0 amide bonds. The van der Waals surface area contributed by atoms with E-state index in [4.69, 9.17) is 16.2 Å². The van der Waals surface area contributed by atoms with E-state index in [1.807, 2.05) is 24.3 Å². The van der Waals surface area contributed by atoms with Gasteiger partial charge in [-0.25, -0.2) is 4.79 Å². The van der Waals surface area contributed by atoms with Crippen molar-refractivity contribution in [3.63, 3.8) is 0 Å². The highest BCUT2D eigenvalue weighted by molar-refractivity contribution is 6.07. The molecule has 0 aromatic heterocycles. The van der Waals surface area contributed by atoms with Gasteiger partial charge in [-0.2, -0.15) is 0 Å². The number of methoxy groups -OCH3 is 1. The van der Waals surface area contributed by atoms with Crippen molar-refractivity contribution in [1.82, 2.24) is 0 Å². The number of ether oxygens (including phenoxy) is 1.